The first-order valence-electron chi connectivity index (χ1n) is 7.42. The summed E-state index contributed by atoms with van der Waals surface area (Å²) in [4.78, 5) is 3.58. The predicted molar refractivity (Wildman–Crippen MR) is 83.1 cm³/mol. The first kappa shape index (κ1) is 18.0. The molecule has 0 atom stereocenters. The minimum Gasteiger partial charge on any atom is -0.355 e. The fourth-order valence-electron chi connectivity index (χ4n) is 2.41. The van der Waals surface area contributed by atoms with Crippen LogP contribution in [0, 0.1) is 5.82 Å². The molecule has 136 valence electrons. The number of hydrogen-bond donors (Lipinski definition) is 2. The Morgan fingerprint density at radius 2 is 1.85 bits per heavy atom. The lowest BCUT2D eigenvalue weighted by Gasteiger charge is -2.24. The Morgan fingerprint density at radius 3 is 2.50 bits per heavy atom. The number of hydrogen-bond acceptors (Lipinski definition) is 4. The molecule has 26 heavy (non-hydrogen) atoms. The highest BCUT2D eigenvalue weighted by Crippen LogP contribution is 2.37. The van der Waals surface area contributed by atoms with E-state index < -0.39 is 23.3 Å². The van der Waals surface area contributed by atoms with Gasteiger partial charge in [-0.05, 0) is 29.8 Å². The molecule has 2 aromatic heterocycles. The van der Waals surface area contributed by atoms with E-state index in [-0.39, 0.29) is 11.1 Å². The molecule has 0 saturated carbocycles. The van der Waals surface area contributed by atoms with E-state index in [9.17, 15) is 27.8 Å². The van der Waals surface area contributed by atoms with Gasteiger partial charge in [-0.25, -0.2) is 4.39 Å². The molecule has 9 heteroatoms. The van der Waals surface area contributed by atoms with Crippen LogP contribution in [0.4, 0.5) is 17.6 Å². The monoisotopic (exact) mass is 367 g/mol. The van der Waals surface area contributed by atoms with Crippen LogP contribution in [-0.4, -0.2) is 31.2 Å². The quantitative estimate of drug-likeness (QED) is 0.550. The molecule has 3 rings (SSSR count). The second kappa shape index (κ2) is 6.50. The van der Waals surface area contributed by atoms with E-state index in [1.54, 1.807) is 23.1 Å². The van der Waals surface area contributed by atoms with Crippen LogP contribution in [0.25, 0.3) is 11.1 Å². The van der Waals surface area contributed by atoms with E-state index in [1.165, 1.54) is 18.2 Å². The summed E-state index contributed by atoms with van der Waals surface area (Å²) in [7, 11) is 0. The molecule has 0 unspecified atom stereocenters. The number of pyridine rings is 1. The summed E-state index contributed by atoms with van der Waals surface area (Å²) >= 11 is 0. The molecular formula is C17H13F4N3O2. The summed E-state index contributed by atoms with van der Waals surface area (Å²) in [5.41, 5.74) is -0.272. The molecular weight excluding hydrogens is 354 g/mol. The molecule has 0 amide bonds. The van der Waals surface area contributed by atoms with Crippen LogP contribution >= 0.6 is 0 Å². The summed E-state index contributed by atoms with van der Waals surface area (Å²) in [6.45, 7) is 0.333. The lowest BCUT2D eigenvalue weighted by atomic mass is 9.99. The van der Waals surface area contributed by atoms with Crippen molar-refractivity contribution in [1.29, 1.82) is 0 Å². The van der Waals surface area contributed by atoms with E-state index in [0.717, 1.165) is 12.3 Å². The SMILES string of the molecule is OC(O)(c1cncc(-c2cc(Cn3cccn3)ccc2F)c1)C(F)(F)F. The van der Waals surface area contributed by atoms with Gasteiger partial charge in [-0.2, -0.15) is 18.3 Å². The molecule has 0 aliphatic heterocycles. The highest BCUT2D eigenvalue weighted by molar-refractivity contribution is 5.65. The van der Waals surface area contributed by atoms with Gasteiger partial charge in [0, 0.05) is 41.5 Å². The van der Waals surface area contributed by atoms with Crippen molar-refractivity contribution in [3.8, 4) is 11.1 Å². The number of alkyl halides is 3. The number of nitrogens with zero attached hydrogens (tertiary/aromatic N) is 3. The Hall–Kier alpha value is -2.78. The molecule has 2 N–H and O–H groups in total. The molecule has 0 radical (unpaired) electrons. The summed E-state index contributed by atoms with van der Waals surface area (Å²) in [6.07, 6.45) is -0.222. The van der Waals surface area contributed by atoms with Crippen LogP contribution in [0.3, 0.4) is 0 Å². The summed E-state index contributed by atoms with van der Waals surface area (Å²) in [5, 5.41) is 22.8. The Balaban J connectivity index is 2.00. The van der Waals surface area contributed by atoms with Gasteiger partial charge in [0.2, 0.25) is 0 Å². The zero-order chi connectivity index (χ0) is 18.9. The van der Waals surface area contributed by atoms with Gasteiger partial charge in [0.1, 0.15) is 5.82 Å². The smallest absolute Gasteiger partial charge is 0.355 e. The number of benzene rings is 1. The molecule has 0 aliphatic carbocycles. The molecule has 0 aliphatic rings. The molecule has 0 spiro atoms. The van der Waals surface area contributed by atoms with Crippen molar-refractivity contribution < 1.29 is 27.8 Å². The molecule has 2 heterocycles. The van der Waals surface area contributed by atoms with Crippen LogP contribution < -0.4 is 0 Å². The summed E-state index contributed by atoms with van der Waals surface area (Å²) in [6, 6.07) is 6.71. The number of rotatable bonds is 4. The highest BCUT2D eigenvalue weighted by Gasteiger charge is 2.54. The van der Waals surface area contributed by atoms with Gasteiger partial charge in [0.05, 0.1) is 6.54 Å². The topological polar surface area (TPSA) is 71.2 Å². The normalized spacial score (nSPS) is 12.4. The van der Waals surface area contributed by atoms with Gasteiger partial charge >= 0.3 is 6.18 Å². The van der Waals surface area contributed by atoms with Crippen molar-refractivity contribution in [2.75, 3.05) is 0 Å². The maximum absolute atomic E-state index is 14.2. The average molecular weight is 367 g/mol. The third-order valence-electron chi connectivity index (χ3n) is 3.78. The Morgan fingerprint density at radius 1 is 1.08 bits per heavy atom. The van der Waals surface area contributed by atoms with E-state index in [4.69, 9.17) is 0 Å². The minimum absolute atomic E-state index is 0.0121. The zero-order valence-corrected chi connectivity index (χ0v) is 13.2. The predicted octanol–water partition coefficient (Wildman–Crippen LogP) is 2.83. The maximum atomic E-state index is 14.2. The summed E-state index contributed by atoms with van der Waals surface area (Å²) in [5.74, 6) is -4.76. The number of aromatic nitrogens is 3. The minimum atomic E-state index is -5.33. The lowest BCUT2D eigenvalue weighted by Crippen LogP contribution is -2.42. The zero-order valence-electron chi connectivity index (χ0n) is 13.2. The fraction of sp³-hybridized carbons (Fsp3) is 0.176. The van der Waals surface area contributed by atoms with Crippen molar-refractivity contribution >= 4 is 0 Å². The molecule has 1 aromatic carbocycles. The number of aliphatic hydroxyl groups is 2. The van der Waals surface area contributed by atoms with Gasteiger partial charge in [0.15, 0.2) is 0 Å². The van der Waals surface area contributed by atoms with Gasteiger partial charge in [-0.15, -0.1) is 0 Å². The van der Waals surface area contributed by atoms with E-state index in [1.807, 2.05) is 0 Å². The molecule has 0 fully saturated rings. The third kappa shape index (κ3) is 3.44. The second-order valence-corrected chi connectivity index (χ2v) is 5.65. The van der Waals surface area contributed by atoms with E-state index in [0.29, 0.717) is 18.3 Å². The van der Waals surface area contributed by atoms with Crippen LogP contribution in [0.1, 0.15) is 11.1 Å². The Kier molecular flexibility index (Phi) is 4.51. The van der Waals surface area contributed by atoms with Crippen molar-refractivity contribution in [3.05, 3.63) is 72.1 Å². The number of halogens is 4. The van der Waals surface area contributed by atoms with Crippen molar-refractivity contribution in [3.63, 3.8) is 0 Å². The third-order valence-corrected chi connectivity index (χ3v) is 3.78. The van der Waals surface area contributed by atoms with Gasteiger partial charge in [0.25, 0.3) is 5.79 Å². The Labute approximate surface area is 145 Å². The average Bonchev–Trinajstić information content (AvgIpc) is 3.09. The second-order valence-electron chi connectivity index (χ2n) is 5.65. The Bertz CT molecular complexity index is 909. The van der Waals surface area contributed by atoms with Gasteiger partial charge < -0.3 is 10.2 Å². The van der Waals surface area contributed by atoms with Gasteiger partial charge in [-0.1, -0.05) is 6.07 Å². The molecule has 0 bridgehead atoms. The largest absolute Gasteiger partial charge is 0.447 e. The van der Waals surface area contributed by atoms with Crippen LogP contribution in [0.5, 0.6) is 0 Å². The molecule has 5 nitrogen and oxygen atoms in total. The molecule has 3 aromatic rings. The van der Waals surface area contributed by atoms with E-state index in [2.05, 4.69) is 10.1 Å². The van der Waals surface area contributed by atoms with E-state index >= 15 is 0 Å². The summed E-state index contributed by atoms with van der Waals surface area (Å²) < 4.78 is 54.2. The molecule has 0 saturated heterocycles. The highest BCUT2D eigenvalue weighted by atomic mass is 19.4. The standard InChI is InChI=1S/C17H13F4N3O2/c18-15-3-2-11(10-24-5-1-4-23-24)6-14(15)12-7-13(9-22-8-12)16(25,26)17(19,20)21/h1-9,25-26H,10H2. The van der Waals surface area contributed by atoms with Crippen LogP contribution in [0.15, 0.2) is 55.1 Å². The van der Waals surface area contributed by atoms with Gasteiger partial charge in [-0.3, -0.25) is 9.67 Å². The van der Waals surface area contributed by atoms with Crippen molar-refractivity contribution in [2.24, 2.45) is 0 Å². The van der Waals surface area contributed by atoms with Crippen LogP contribution in [-0.2, 0) is 12.3 Å². The first-order chi connectivity index (χ1) is 12.2. The lowest BCUT2D eigenvalue weighted by molar-refractivity contribution is -0.358. The first-order valence-corrected chi connectivity index (χ1v) is 7.42. The van der Waals surface area contributed by atoms with Crippen molar-refractivity contribution in [2.45, 2.75) is 18.5 Å². The fourth-order valence-corrected chi connectivity index (χ4v) is 2.41. The van der Waals surface area contributed by atoms with Crippen molar-refractivity contribution in [1.82, 2.24) is 14.8 Å². The maximum Gasteiger partial charge on any atom is 0.447 e. The van der Waals surface area contributed by atoms with Crippen LogP contribution in [0.2, 0.25) is 0 Å².